The van der Waals surface area contributed by atoms with Gasteiger partial charge in [-0.15, -0.1) is 24.9 Å². The molecular formula is C26H41N3O4S. The molecule has 3 fully saturated rings. The normalized spacial score (nSPS) is 29.4. The number of fused-ring (bicyclic) bond motifs is 1. The Labute approximate surface area is 208 Å². The highest BCUT2D eigenvalue weighted by Crippen LogP contribution is 2.66. The molecule has 3 saturated heterocycles. The Balaban J connectivity index is 1.95. The van der Waals surface area contributed by atoms with Crippen LogP contribution in [-0.4, -0.2) is 92.9 Å². The molecule has 0 aromatic heterocycles. The molecule has 34 heavy (non-hydrogen) atoms. The summed E-state index contributed by atoms with van der Waals surface area (Å²) >= 11 is 1.72. The second-order valence-electron chi connectivity index (χ2n) is 10.1. The minimum Gasteiger partial charge on any atom is -0.396 e. The molecule has 3 heterocycles. The quantitative estimate of drug-likeness (QED) is 0.317. The third-order valence-electron chi connectivity index (χ3n) is 7.64. The first-order chi connectivity index (χ1) is 16.2. The predicted octanol–water partition coefficient (Wildman–Crippen LogP) is 2.70. The van der Waals surface area contributed by atoms with E-state index in [9.17, 15) is 14.4 Å². The van der Waals surface area contributed by atoms with Gasteiger partial charge in [0.2, 0.25) is 17.7 Å². The molecule has 7 nitrogen and oxygen atoms in total. The van der Waals surface area contributed by atoms with Crippen molar-refractivity contribution < 1.29 is 19.5 Å². The zero-order valence-electron chi connectivity index (χ0n) is 20.9. The van der Waals surface area contributed by atoms with E-state index in [-0.39, 0.29) is 35.6 Å². The Hall–Kier alpha value is -1.80. The fourth-order valence-corrected chi connectivity index (χ4v) is 8.30. The molecule has 3 rings (SSSR count). The Morgan fingerprint density at radius 1 is 1.18 bits per heavy atom. The summed E-state index contributed by atoms with van der Waals surface area (Å²) in [5, 5.41) is 9.15. The number of unbranched alkanes of at least 4 members (excludes halogenated alkanes) is 3. The largest absolute Gasteiger partial charge is 0.396 e. The van der Waals surface area contributed by atoms with E-state index in [1.807, 2.05) is 18.7 Å². The van der Waals surface area contributed by atoms with E-state index in [1.165, 1.54) is 0 Å². The highest BCUT2D eigenvalue weighted by Gasteiger charge is 2.73. The Morgan fingerprint density at radius 2 is 1.85 bits per heavy atom. The van der Waals surface area contributed by atoms with Crippen molar-refractivity contribution in [3.05, 3.63) is 25.3 Å². The molecule has 2 unspecified atom stereocenters. The Morgan fingerprint density at radius 3 is 2.47 bits per heavy atom. The van der Waals surface area contributed by atoms with Crippen LogP contribution in [0.5, 0.6) is 0 Å². The van der Waals surface area contributed by atoms with E-state index in [0.717, 1.165) is 38.5 Å². The number of aliphatic hydroxyl groups is 1. The van der Waals surface area contributed by atoms with Gasteiger partial charge in [0, 0.05) is 44.6 Å². The molecule has 3 aliphatic heterocycles. The molecule has 0 saturated carbocycles. The molecule has 5 atom stereocenters. The van der Waals surface area contributed by atoms with Crippen LogP contribution in [0.2, 0.25) is 0 Å². The molecular weight excluding hydrogens is 450 g/mol. The van der Waals surface area contributed by atoms with E-state index in [1.54, 1.807) is 40.8 Å². The van der Waals surface area contributed by atoms with Crippen molar-refractivity contribution in [2.75, 3.05) is 33.3 Å². The summed E-state index contributed by atoms with van der Waals surface area (Å²) < 4.78 is -0.548. The number of carbonyl (C=O) groups excluding carboxylic acids is 3. The van der Waals surface area contributed by atoms with Gasteiger partial charge >= 0.3 is 0 Å². The molecule has 2 bridgehead atoms. The van der Waals surface area contributed by atoms with Crippen molar-refractivity contribution in [3.8, 4) is 0 Å². The Kier molecular flexibility index (Phi) is 8.90. The lowest BCUT2D eigenvalue weighted by Crippen LogP contribution is -2.56. The third kappa shape index (κ3) is 4.68. The second-order valence-corrected chi connectivity index (χ2v) is 11.7. The second kappa shape index (κ2) is 11.3. The molecule has 1 N–H and O–H groups in total. The van der Waals surface area contributed by atoms with Gasteiger partial charge in [0.1, 0.15) is 6.04 Å². The molecule has 3 aliphatic rings. The number of hydrogen-bond donors (Lipinski definition) is 1. The van der Waals surface area contributed by atoms with Crippen molar-refractivity contribution in [1.82, 2.24) is 14.7 Å². The van der Waals surface area contributed by atoms with Gasteiger partial charge in [0.05, 0.1) is 16.6 Å². The van der Waals surface area contributed by atoms with Crippen LogP contribution in [0.4, 0.5) is 0 Å². The van der Waals surface area contributed by atoms with Crippen LogP contribution in [-0.2, 0) is 14.4 Å². The van der Waals surface area contributed by atoms with Crippen LogP contribution in [0.1, 0.15) is 52.4 Å². The van der Waals surface area contributed by atoms with E-state index in [4.69, 9.17) is 5.11 Å². The monoisotopic (exact) mass is 491 g/mol. The van der Waals surface area contributed by atoms with Crippen molar-refractivity contribution in [2.45, 2.75) is 74.5 Å². The number of hydrogen-bond acceptors (Lipinski definition) is 5. The van der Waals surface area contributed by atoms with Crippen LogP contribution in [0.15, 0.2) is 25.3 Å². The molecule has 1 spiro atoms. The fraction of sp³-hybridized carbons (Fsp3) is 0.731. The standard InChI is InChI=1S/C26H41N3O4S/c1-6-14-27(5)23(31)20-19-12-13-26(34-19)21(20)24(32)29(16-10-8-9-11-17-30)22(26)25(33)28(15-7-2)18(3)4/h6-7,18-22,30H,1-2,8-17H2,3-5H3/t19-,20+,21-,22?,26?/m0/s1. The maximum atomic E-state index is 14.0. The minimum atomic E-state index is -0.553. The number of carbonyl (C=O) groups is 3. The summed E-state index contributed by atoms with van der Waals surface area (Å²) in [4.78, 5) is 46.7. The van der Waals surface area contributed by atoms with Gasteiger partial charge in [0.15, 0.2) is 0 Å². The number of rotatable bonds is 13. The van der Waals surface area contributed by atoms with E-state index in [2.05, 4.69) is 13.2 Å². The zero-order valence-corrected chi connectivity index (χ0v) is 21.8. The van der Waals surface area contributed by atoms with E-state index in [0.29, 0.717) is 19.6 Å². The molecule has 8 heteroatoms. The van der Waals surface area contributed by atoms with Gasteiger partial charge in [-0.25, -0.2) is 0 Å². The fourth-order valence-electron chi connectivity index (χ4n) is 6.09. The number of likely N-dealkylation sites (tertiary alicyclic amines) is 1. The van der Waals surface area contributed by atoms with Crippen LogP contribution < -0.4 is 0 Å². The number of likely N-dealkylation sites (N-methyl/N-ethyl adjacent to an activating group) is 1. The molecule has 0 aromatic rings. The molecule has 0 aliphatic carbocycles. The molecule has 3 amide bonds. The molecule has 0 aromatic carbocycles. The lowest BCUT2D eigenvalue weighted by Gasteiger charge is -2.38. The first-order valence-corrected chi connectivity index (χ1v) is 13.5. The van der Waals surface area contributed by atoms with Gasteiger partial charge in [0.25, 0.3) is 0 Å². The van der Waals surface area contributed by atoms with Crippen LogP contribution >= 0.6 is 11.8 Å². The van der Waals surface area contributed by atoms with E-state index >= 15 is 0 Å². The lowest BCUT2D eigenvalue weighted by atomic mass is 9.70. The number of aliphatic hydroxyl groups excluding tert-OH is 1. The summed E-state index contributed by atoms with van der Waals surface area (Å²) in [6.45, 7) is 13.1. The lowest BCUT2D eigenvalue weighted by molar-refractivity contribution is -0.144. The maximum Gasteiger partial charge on any atom is 0.247 e. The summed E-state index contributed by atoms with van der Waals surface area (Å²) in [7, 11) is 1.76. The van der Waals surface area contributed by atoms with Crippen LogP contribution in [0.25, 0.3) is 0 Å². The summed E-state index contributed by atoms with van der Waals surface area (Å²) in [6, 6.07) is -0.565. The zero-order chi connectivity index (χ0) is 25.0. The van der Waals surface area contributed by atoms with Gasteiger partial charge in [-0.1, -0.05) is 25.0 Å². The first kappa shape index (κ1) is 26.8. The molecule has 190 valence electrons. The van der Waals surface area contributed by atoms with Crippen LogP contribution in [0.3, 0.4) is 0 Å². The summed E-state index contributed by atoms with van der Waals surface area (Å²) in [6.07, 6.45) is 8.38. The molecule has 0 radical (unpaired) electrons. The SMILES string of the molecule is C=CCN(C)C(=O)[C@@H]1[C@@H]2CCC3(S2)C(C(=O)N(CC=C)C(C)C)N(CCCCCCO)C(=O)[C@H]13. The summed E-state index contributed by atoms with van der Waals surface area (Å²) in [5.41, 5.74) is 0. The first-order valence-electron chi connectivity index (χ1n) is 12.6. The van der Waals surface area contributed by atoms with Gasteiger partial charge in [-0.2, -0.15) is 0 Å². The van der Waals surface area contributed by atoms with Crippen molar-refractivity contribution in [3.63, 3.8) is 0 Å². The van der Waals surface area contributed by atoms with Gasteiger partial charge in [-0.05, 0) is 39.5 Å². The number of thioether (sulfide) groups is 1. The third-order valence-corrected chi connectivity index (χ3v) is 9.59. The Bertz CT molecular complexity index is 803. The maximum absolute atomic E-state index is 14.0. The number of nitrogens with zero attached hydrogens (tertiary/aromatic N) is 3. The van der Waals surface area contributed by atoms with Crippen molar-refractivity contribution in [2.24, 2.45) is 11.8 Å². The van der Waals surface area contributed by atoms with Gasteiger partial charge in [-0.3, -0.25) is 14.4 Å². The summed E-state index contributed by atoms with van der Waals surface area (Å²) in [5.74, 6) is -0.928. The topological polar surface area (TPSA) is 81.2 Å². The smallest absolute Gasteiger partial charge is 0.247 e. The highest BCUT2D eigenvalue weighted by atomic mass is 32.2. The highest BCUT2D eigenvalue weighted by molar-refractivity contribution is 8.02. The average Bonchev–Trinajstić information content (AvgIpc) is 3.44. The number of amides is 3. The predicted molar refractivity (Wildman–Crippen MR) is 136 cm³/mol. The van der Waals surface area contributed by atoms with Crippen molar-refractivity contribution >= 4 is 29.5 Å². The van der Waals surface area contributed by atoms with Gasteiger partial charge < -0.3 is 19.8 Å². The van der Waals surface area contributed by atoms with E-state index < -0.39 is 22.6 Å². The minimum absolute atomic E-state index is 0.0118. The van der Waals surface area contributed by atoms with Crippen LogP contribution in [0, 0.1) is 11.8 Å². The van der Waals surface area contributed by atoms with Crippen molar-refractivity contribution in [1.29, 1.82) is 0 Å². The average molecular weight is 492 g/mol.